The number of ether oxygens (including phenoxy) is 1. The van der Waals surface area contributed by atoms with Crippen LogP contribution in [0.2, 0.25) is 0 Å². The first-order valence-corrected chi connectivity index (χ1v) is 8.63. The molecule has 4 rings (SSSR count). The molecular weight excluding hydrogens is 332 g/mol. The van der Waals surface area contributed by atoms with Gasteiger partial charge < -0.3 is 14.6 Å². The highest BCUT2D eigenvalue weighted by molar-refractivity contribution is 5.93. The van der Waals surface area contributed by atoms with Crippen LogP contribution in [0.1, 0.15) is 34.8 Å². The van der Waals surface area contributed by atoms with Crippen molar-refractivity contribution in [2.24, 2.45) is 0 Å². The molecule has 1 aliphatic heterocycles. The van der Waals surface area contributed by atoms with E-state index in [9.17, 15) is 4.79 Å². The number of benzene rings is 1. The number of fused-ring (bicyclic) bond motifs is 1. The average Bonchev–Trinajstić information content (AvgIpc) is 3.33. The van der Waals surface area contributed by atoms with E-state index in [0.717, 1.165) is 43.1 Å². The molecule has 26 heavy (non-hydrogen) atoms. The minimum Gasteiger partial charge on any atom is -0.494 e. The Bertz CT molecular complexity index is 929. The van der Waals surface area contributed by atoms with Crippen LogP contribution in [-0.2, 0) is 19.5 Å². The maximum Gasteiger partial charge on any atom is 0.254 e. The van der Waals surface area contributed by atoms with Gasteiger partial charge in [-0.15, -0.1) is 10.2 Å². The molecule has 3 heterocycles. The van der Waals surface area contributed by atoms with Gasteiger partial charge in [-0.1, -0.05) is 12.1 Å². The molecule has 1 aromatic carbocycles. The zero-order valence-electron chi connectivity index (χ0n) is 14.6. The zero-order valence-corrected chi connectivity index (χ0v) is 14.6. The summed E-state index contributed by atoms with van der Waals surface area (Å²) >= 11 is 0. The number of methoxy groups -OCH3 is 1. The Balaban J connectivity index is 1.46. The predicted molar refractivity (Wildman–Crippen MR) is 94.2 cm³/mol. The Morgan fingerprint density at radius 1 is 1.27 bits per heavy atom. The lowest BCUT2D eigenvalue weighted by Crippen LogP contribution is -2.25. The van der Waals surface area contributed by atoms with Crippen molar-refractivity contribution in [3.05, 3.63) is 53.9 Å². The topological polar surface area (TPSA) is 86.9 Å². The van der Waals surface area contributed by atoms with Crippen molar-refractivity contribution >= 4 is 5.91 Å². The van der Waals surface area contributed by atoms with Crippen LogP contribution >= 0.6 is 0 Å². The summed E-state index contributed by atoms with van der Waals surface area (Å²) in [5.74, 6) is 2.30. The van der Waals surface area contributed by atoms with Crippen LogP contribution in [0.15, 0.2) is 36.7 Å². The summed E-state index contributed by atoms with van der Waals surface area (Å²) in [6, 6.07) is 7.52. The highest BCUT2D eigenvalue weighted by Gasteiger charge is 2.17. The number of carbonyl (C=O) groups is 1. The van der Waals surface area contributed by atoms with E-state index < -0.39 is 0 Å². The predicted octanol–water partition coefficient (Wildman–Crippen LogP) is 1.74. The van der Waals surface area contributed by atoms with Crippen molar-refractivity contribution in [1.29, 1.82) is 0 Å². The summed E-state index contributed by atoms with van der Waals surface area (Å²) in [6.45, 7) is 1.27. The lowest BCUT2D eigenvalue weighted by Gasteiger charge is -2.14. The molecule has 1 aliphatic rings. The monoisotopic (exact) mass is 352 g/mol. The first-order valence-electron chi connectivity index (χ1n) is 8.63. The quantitative estimate of drug-likeness (QED) is 0.756. The number of nitrogens with zero attached hydrogens (tertiary/aromatic N) is 5. The number of para-hydroxylation sites is 2. The van der Waals surface area contributed by atoms with Gasteiger partial charge in [0, 0.05) is 19.2 Å². The largest absolute Gasteiger partial charge is 0.494 e. The lowest BCUT2D eigenvalue weighted by molar-refractivity contribution is 0.0949. The molecule has 1 N–H and O–H groups in total. The van der Waals surface area contributed by atoms with Gasteiger partial charge in [-0.2, -0.15) is 5.10 Å². The molecule has 2 aromatic heterocycles. The van der Waals surface area contributed by atoms with Crippen LogP contribution in [0.3, 0.4) is 0 Å². The zero-order chi connectivity index (χ0) is 17.9. The Labute approximate surface area is 150 Å². The highest BCUT2D eigenvalue weighted by Crippen LogP contribution is 2.21. The molecule has 1 amide bonds. The van der Waals surface area contributed by atoms with Gasteiger partial charge in [0.2, 0.25) is 0 Å². The summed E-state index contributed by atoms with van der Waals surface area (Å²) in [4.78, 5) is 12.5. The molecule has 0 radical (unpaired) electrons. The number of hydrogen-bond donors (Lipinski definition) is 1. The Kier molecular flexibility index (Phi) is 4.39. The first-order chi connectivity index (χ1) is 12.8. The van der Waals surface area contributed by atoms with E-state index in [-0.39, 0.29) is 5.91 Å². The Morgan fingerprint density at radius 2 is 2.15 bits per heavy atom. The van der Waals surface area contributed by atoms with E-state index in [1.54, 1.807) is 24.2 Å². The second-order valence-corrected chi connectivity index (χ2v) is 6.17. The molecule has 0 aliphatic carbocycles. The van der Waals surface area contributed by atoms with E-state index >= 15 is 0 Å². The number of aromatic nitrogens is 5. The van der Waals surface area contributed by atoms with Gasteiger partial charge in [0.25, 0.3) is 5.91 Å². The van der Waals surface area contributed by atoms with Crippen molar-refractivity contribution in [1.82, 2.24) is 29.9 Å². The van der Waals surface area contributed by atoms with Crippen LogP contribution in [0, 0.1) is 0 Å². The molecule has 0 fully saturated rings. The van der Waals surface area contributed by atoms with Crippen LogP contribution in [0.4, 0.5) is 0 Å². The molecule has 0 saturated heterocycles. The Morgan fingerprint density at radius 3 is 3.04 bits per heavy atom. The molecule has 8 nitrogen and oxygen atoms in total. The maximum atomic E-state index is 12.5. The van der Waals surface area contributed by atoms with Crippen LogP contribution in [0.5, 0.6) is 5.75 Å². The normalized spacial score (nSPS) is 13.3. The molecule has 3 aromatic rings. The summed E-state index contributed by atoms with van der Waals surface area (Å²) in [5, 5.41) is 15.6. The second-order valence-electron chi connectivity index (χ2n) is 6.17. The van der Waals surface area contributed by atoms with E-state index in [2.05, 4.69) is 25.2 Å². The molecule has 0 bridgehead atoms. The fourth-order valence-electron chi connectivity index (χ4n) is 3.15. The smallest absolute Gasteiger partial charge is 0.254 e. The standard InChI is InChI=1S/C18H20N6O2/c1-26-15-7-3-2-6-14(15)24-12-13(10-20-24)18(25)19-11-17-22-21-16-8-4-5-9-23(16)17/h2-3,6-7,10,12H,4-5,8-9,11H2,1H3,(H,19,25). The number of amides is 1. The highest BCUT2D eigenvalue weighted by atomic mass is 16.5. The summed E-state index contributed by atoms with van der Waals surface area (Å²) < 4.78 is 9.07. The van der Waals surface area contributed by atoms with Gasteiger partial charge >= 0.3 is 0 Å². The fraction of sp³-hybridized carbons (Fsp3) is 0.333. The molecular formula is C18H20N6O2. The van der Waals surface area contributed by atoms with E-state index in [1.165, 1.54) is 0 Å². The number of hydrogen-bond acceptors (Lipinski definition) is 5. The number of carbonyl (C=O) groups excluding carboxylic acids is 1. The van der Waals surface area contributed by atoms with Crippen molar-refractivity contribution in [3.8, 4) is 11.4 Å². The first kappa shape index (κ1) is 16.3. The average molecular weight is 352 g/mol. The molecule has 8 heteroatoms. The molecule has 0 spiro atoms. The van der Waals surface area contributed by atoms with Gasteiger partial charge in [0.1, 0.15) is 17.3 Å². The lowest BCUT2D eigenvalue weighted by atomic mass is 10.2. The van der Waals surface area contributed by atoms with Gasteiger partial charge in [0.15, 0.2) is 5.82 Å². The van der Waals surface area contributed by atoms with E-state index in [4.69, 9.17) is 4.74 Å². The van der Waals surface area contributed by atoms with Gasteiger partial charge in [-0.05, 0) is 25.0 Å². The van der Waals surface area contributed by atoms with Crippen LogP contribution in [0.25, 0.3) is 5.69 Å². The van der Waals surface area contributed by atoms with Gasteiger partial charge in [-0.25, -0.2) is 4.68 Å². The van der Waals surface area contributed by atoms with E-state index in [1.807, 2.05) is 24.3 Å². The number of aryl methyl sites for hydroxylation is 1. The molecule has 0 saturated carbocycles. The van der Waals surface area contributed by atoms with Crippen molar-refractivity contribution in [2.45, 2.75) is 32.4 Å². The van der Waals surface area contributed by atoms with Gasteiger partial charge in [-0.3, -0.25) is 4.79 Å². The summed E-state index contributed by atoms with van der Waals surface area (Å²) in [5.41, 5.74) is 1.26. The maximum absolute atomic E-state index is 12.5. The third-order valence-corrected chi connectivity index (χ3v) is 4.52. The fourth-order valence-corrected chi connectivity index (χ4v) is 3.15. The number of nitrogens with one attached hydrogen (secondary N) is 1. The van der Waals surface area contributed by atoms with Crippen LogP contribution in [-0.4, -0.2) is 37.6 Å². The SMILES string of the molecule is COc1ccccc1-n1cc(C(=O)NCc2nnc3n2CCCC3)cn1. The molecule has 0 unspecified atom stereocenters. The van der Waals surface area contributed by atoms with Crippen molar-refractivity contribution in [3.63, 3.8) is 0 Å². The van der Waals surface area contributed by atoms with Crippen LogP contribution < -0.4 is 10.1 Å². The minimum absolute atomic E-state index is 0.195. The third kappa shape index (κ3) is 3.05. The van der Waals surface area contributed by atoms with Crippen molar-refractivity contribution in [2.75, 3.05) is 7.11 Å². The molecule has 0 atom stereocenters. The van der Waals surface area contributed by atoms with Crippen molar-refractivity contribution < 1.29 is 9.53 Å². The van der Waals surface area contributed by atoms with Gasteiger partial charge in [0.05, 0.1) is 25.4 Å². The second kappa shape index (κ2) is 6.99. The Hall–Kier alpha value is -3.16. The molecule has 134 valence electrons. The van der Waals surface area contributed by atoms with E-state index in [0.29, 0.717) is 17.9 Å². The number of rotatable bonds is 5. The summed E-state index contributed by atoms with van der Waals surface area (Å²) in [6.07, 6.45) is 6.45. The third-order valence-electron chi connectivity index (χ3n) is 4.52. The minimum atomic E-state index is -0.195. The summed E-state index contributed by atoms with van der Waals surface area (Å²) in [7, 11) is 1.61.